The van der Waals surface area contributed by atoms with Crippen LogP contribution in [-0.4, -0.2) is 23.0 Å². The van der Waals surface area contributed by atoms with E-state index in [2.05, 4.69) is 0 Å². The molecule has 1 aromatic rings. The minimum Gasteiger partial charge on any atom is -0.386 e. The Morgan fingerprint density at radius 2 is 1.87 bits per heavy atom. The van der Waals surface area contributed by atoms with Crippen molar-refractivity contribution in [3.63, 3.8) is 0 Å². The zero-order valence-electron chi connectivity index (χ0n) is 8.51. The Labute approximate surface area is 104 Å². The van der Waals surface area contributed by atoms with E-state index in [9.17, 15) is 13.5 Å². The van der Waals surface area contributed by atoms with Gasteiger partial charge in [-0.15, -0.1) is 0 Å². The monoisotopic (exact) mass is 340 g/mol. The number of benzene rings is 1. The van der Waals surface area contributed by atoms with E-state index >= 15 is 0 Å². The second-order valence-electron chi connectivity index (χ2n) is 3.48. The van der Waals surface area contributed by atoms with E-state index in [0.29, 0.717) is 5.56 Å². The van der Waals surface area contributed by atoms with Gasteiger partial charge in [0.25, 0.3) is 0 Å². The number of aliphatic hydroxyl groups is 1. The summed E-state index contributed by atoms with van der Waals surface area (Å²) in [5.41, 5.74) is 1.57. The van der Waals surface area contributed by atoms with Gasteiger partial charge in [-0.05, 0) is 18.1 Å². The molecule has 0 heterocycles. The van der Waals surface area contributed by atoms with Gasteiger partial charge in [-0.3, -0.25) is 0 Å². The van der Waals surface area contributed by atoms with Crippen LogP contribution in [0.5, 0.6) is 0 Å². The van der Waals surface area contributed by atoms with Gasteiger partial charge >= 0.3 is 0 Å². The second-order valence-corrected chi connectivity index (χ2v) is 7.84. The van der Waals surface area contributed by atoms with E-state index in [0.717, 1.165) is 11.8 Å². The third-order valence-electron chi connectivity index (χ3n) is 2.16. The first-order valence-corrected chi connectivity index (χ1v) is 7.60. The fraction of sp³-hybridized carbons (Fsp3) is 0.400. The third kappa shape index (κ3) is 3.15. The average Bonchev–Trinajstić information content (AvgIpc) is 2.15. The highest BCUT2D eigenvalue weighted by atomic mass is 127. The van der Waals surface area contributed by atoms with Gasteiger partial charge in [0.2, 0.25) is 0 Å². The van der Waals surface area contributed by atoms with Gasteiger partial charge in [-0.1, -0.05) is 46.9 Å². The highest BCUT2D eigenvalue weighted by Gasteiger charge is 2.27. The Bertz CT molecular complexity index is 442. The number of rotatable bonds is 3. The molecule has 0 amide bonds. The van der Waals surface area contributed by atoms with Crippen molar-refractivity contribution >= 4 is 32.4 Å². The van der Waals surface area contributed by atoms with Crippen molar-refractivity contribution in [3.8, 4) is 0 Å². The number of alkyl halides is 1. The van der Waals surface area contributed by atoms with Crippen molar-refractivity contribution in [2.24, 2.45) is 0 Å². The lowest BCUT2D eigenvalue weighted by atomic mass is 10.1. The summed E-state index contributed by atoms with van der Waals surface area (Å²) in [5.74, 6) is 0. The fourth-order valence-corrected chi connectivity index (χ4v) is 2.30. The van der Waals surface area contributed by atoms with Crippen molar-refractivity contribution in [3.05, 3.63) is 35.4 Å². The van der Waals surface area contributed by atoms with Crippen LogP contribution in [0.15, 0.2) is 24.3 Å². The van der Waals surface area contributed by atoms with E-state index in [1.54, 1.807) is 34.7 Å². The first-order chi connectivity index (χ1) is 6.84. The van der Waals surface area contributed by atoms with Crippen molar-refractivity contribution in [1.29, 1.82) is 0 Å². The molecule has 0 saturated carbocycles. The zero-order valence-corrected chi connectivity index (χ0v) is 11.5. The predicted molar refractivity (Wildman–Crippen MR) is 68.8 cm³/mol. The van der Waals surface area contributed by atoms with Gasteiger partial charge in [-0.2, -0.15) is 0 Å². The molecule has 0 aliphatic rings. The van der Waals surface area contributed by atoms with Crippen molar-refractivity contribution < 1.29 is 13.5 Å². The molecule has 0 aliphatic carbocycles. The number of sulfone groups is 1. The summed E-state index contributed by atoms with van der Waals surface area (Å²) in [7, 11) is -3.23. The quantitative estimate of drug-likeness (QED) is 0.675. The molecular formula is C10H13IO3S. The number of aliphatic hydroxyl groups excluding tert-OH is 1. The molecule has 0 fully saturated rings. The summed E-state index contributed by atoms with van der Waals surface area (Å²) in [4.78, 5) is 0. The summed E-state index contributed by atoms with van der Waals surface area (Å²) < 4.78 is 21.8. The van der Waals surface area contributed by atoms with E-state index in [1.165, 1.54) is 0 Å². The zero-order chi connectivity index (χ0) is 11.6. The predicted octanol–water partition coefficient (Wildman–Crippen LogP) is 1.83. The van der Waals surface area contributed by atoms with E-state index in [4.69, 9.17) is 0 Å². The Morgan fingerprint density at radius 1 is 1.33 bits per heavy atom. The molecule has 3 nitrogen and oxygen atoms in total. The Morgan fingerprint density at radius 3 is 2.33 bits per heavy atom. The molecule has 0 spiro atoms. The van der Waals surface area contributed by atoms with Crippen LogP contribution in [0.3, 0.4) is 0 Å². The van der Waals surface area contributed by atoms with Gasteiger partial charge in [-0.25, -0.2) is 8.42 Å². The molecule has 1 rings (SSSR count). The highest BCUT2D eigenvalue weighted by molar-refractivity contribution is 14.1. The smallest absolute Gasteiger partial charge is 0.162 e. The van der Waals surface area contributed by atoms with Crippen molar-refractivity contribution in [1.82, 2.24) is 0 Å². The van der Waals surface area contributed by atoms with Gasteiger partial charge in [0.15, 0.2) is 9.84 Å². The van der Waals surface area contributed by atoms with E-state index < -0.39 is 19.2 Å². The van der Waals surface area contributed by atoms with Crippen LogP contribution in [0.2, 0.25) is 0 Å². The molecule has 0 aromatic heterocycles. The molecule has 5 heteroatoms. The van der Waals surface area contributed by atoms with Crippen LogP contribution in [-0.2, 0) is 9.84 Å². The summed E-state index contributed by atoms with van der Waals surface area (Å²) in [6.45, 7) is 1.85. The molecule has 2 atom stereocenters. The standard InChI is InChI=1S/C10H13IO3S/c1-7-5-3-4-6-8(7)9(12)10(11)15(2,13)14/h3-6,9-10,12H,1-2H3/t9-,10-/m1/s1. The van der Waals surface area contributed by atoms with Crippen LogP contribution in [0.1, 0.15) is 17.2 Å². The van der Waals surface area contributed by atoms with E-state index in [1.807, 2.05) is 19.1 Å². The van der Waals surface area contributed by atoms with Crippen LogP contribution < -0.4 is 0 Å². The third-order valence-corrected chi connectivity index (χ3v) is 6.69. The Kier molecular flexibility index (Phi) is 4.13. The maximum atomic E-state index is 11.3. The van der Waals surface area contributed by atoms with Crippen molar-refractivity contribution in [2.45, 2.75) is 16.3 Å². The normalized spacial score (nSPS) is 16.0. The molecule has 0 unspecified atom stereocenters. The number of aryl methyl sites for hydroxylation is 1. The summed E-state index contributed by atoms with van der Waals surface area (Å²) >= 11 is 1.76. The number of hydrogen-bond acceptors (Lipinski definition) is 3. The van der Waals surface area contributed by atoms with Crippen molar-refractivity contribution in [2.75, 3.05) is 6.26 Å². The molecule has 0 radical (unpaired) electrons. The largest absolute Gasteiger partial charge is 0.386 e. The maximum Gasteiger partial charge on any atom is 0.162 e. The van der Waals surface area contributed by atoms with Gasteiger partial charge in [0, 0.05) is 6.26 Å². The van der Waals surface area contributed by atoms with E-state index in [-0.39, 0.29) is 0 Å². The average molecular weight is 340 g/mol. The lowest BCUT2D eigenvalue weighted by Gasteiger charge is -2.17. The van der Waals surface area contributed by atoms with Gasteiger partial charge < -0.3 is 5.11 Å². The molecule has 84 valence electrons. The van der Waals surface area contributed by atoms with Crippen LogP contribution in [0.25, 0.3) is 0 Å². The molecule has 15 heavy (non-hydrogen) atoms. The molecule has 0 saturated heterocycles. The lowest BCUT2D eigenvalue weighted by Crippen LogP contribution is -2.21. The first-order valence-electron chi connectivity index (χ1n) is 4.40. The molecule has 1 aromatic carbocycles. The Hall–Kier alpha value is -0.140. The Balaban J connectivity index is 3.06. The minimum absolute atomic E-state index is 0.669. The fourth-order valence-electron chi connectivity index (χ4n) is 1.29. The summed E-state index contributed by atoms with van der Waals surface area (Å²) in [6.07, 6.45) is 0.160. The minimum atomic E-state index is -3.23. The molecule has 1 N–H and O–H groups in total. The second kappa shape index (κ2) is 4.80. The maximum absolute atomic E-state index is 11.3. The highest BCUT2D eigenvalue weighted by Crippen LogP contribution is 2.28. The summed E-state index contributed by atoms with van der Waals surface area (Å²) in [5, 5.41) is 9.92. The van der Waals surface area contributed by atoms with Gasteiger partial charge in [0.1, 0.15) is 9.36 Å². The SMILES string of the molecule is Cc1ccccc1[C@@H](O)[C@H](I)S(C)(=O)=O. The number of halogens is 1. The van der Waals surface area contributed by atoms with Gasteiger partial charge in [0.05, 0.1) is 0 Å². The summed E-state index contributed by atoms with van der Waals surface area (Å²) in [6, 6.07) is 7.24. The molecular weight excluding hydrogens is 327 g/mol. The topological polar surface area (TPSA) is 54.4 Å². The molecule has 0 bridgehead atoms. The van der Waals surface area contributed by atoms with Crippen LogP contribution in [0.4, 0.5) is 0 Å². The van der Waals surface area contributed by atoms with Crippen LogP contribution in [0, 0.1) is 6.92 Å². The molecule has 0 aliphatic heterocycles. The van der Waals surface area contributed by atoms with Crippen LogP contribution >= 0.6 is 22.6 Å². The first kappa shape index (κ1) is 12.9. The number of hydrogen-bond donors (Lipinski definition) is 1. The lowest BCUT2D eigenvalue weighted by molar-refractivity contribution is 0.196.